The molecule has 0 aromatic rings. The Morgan fingerprint density at radius 3 is 2.29 bits per heavy atom. The van der Waals surface area contributed by atoms with Crippen molar-refractivity contribution in [2.75, 3.05) is 18.8 Å². The fraction of sp³-hybridized carbons (Fsp3) is 1.00. The normalized spacial score (nSPS) is 26.0. The van der Waals surface area contributed by atoms with Gasteiger partial charge in [-0.1, -0.05) is 20.3 Å². The van der Waals surface area contributed by atoms with Gasteiger partial charge in [0.15, 0.2) is 0 Å². The lowest BCUT2D eigenvalue weighted by Crippen LogP contribution is -2.40. The predicted molar refractivity (Wildman–Crippen MR) is 71.5 cm³/mol. The molecule has 1 saturated carbocycles. The van der Waals surface area contributed by atoms with E-state index in [1.165, 1.54) is 6.42 Å². The summed E-state index contributed by atoms with van der Waals surface area (Å²) >= 11 is 0. The summed E-state index contributed by atoms with van der Waals surface area (Å²) in [6, 6.07) is 0.171. The summed E-state index contributed by atoms with van der Waals surface area (Å²) in [5, 5.41) is 3.04. The third kappa shape index (κ3) is 5.84. The van der Waals surface area contributed by atoms with Crippen LogP contribution in [0.2, 0.25) is 0 Å². The van der Waals surface area contributed by atoms with Crippen LogP contribution in [0.25, 0.3) is 0 Å². The van der Waals surface area contributed by atoms with Crippen LogP contribution in [-0.2, 0) is 10.0 Å². The van der Waals surface area contributed by atoms with E-state index in [4.69, 9.17) is 0 Å². The van der Waals surface area contributed by atoms with E-state index < -0.39 is 10.0 Å². The summed E-state index contributed by atoms with van der Waals surface area (Å²) in [4.78, 5) is 0. The second-order valence-electron chi connectivity index (χ2n) is 4.92. The Kier molecular flexibility index (Phi) is 6.44. The molecule has 0 aromatic heterocycles. The minimum atomic E-state index is -3.09. The largest absolute Gasteiger partial charge is 0.316 e. The molecule has 0 atom stereocenters. The Labute approximate surface area is 106 Å². The topological polar surface area (TPSA) is 58.2 Å². The van der Waals surface area contributed by atoms with Crippen LogP contribution in [-0.4, -0.2) is 33.3 Å². The van der Waals surface area contributed by atoms with E-state index in [-0.39, 0.29) is 11.8 Å². The lowest BCUT2D eigenvalue weighted by atomic mass is 9.85. The molecule has 1 rings (SSSR count). The summed E-state index contributed by atoms with van der Waals surface area (Å²) < 4.78 is 26.4. The van der Waals surface area contributed by atoms with Crippen LogP contribution in [0, 0.1) is 5.92 Å². The quantitative estimate of drug-likeness (QED) is 0.683. The lowest BCUT2D eigenvalue weighted by molar-refractivity contribution is 0.306. The maximum atomic E-state index is 11.8. The Bertz CT molecular complexity index is 296. The monoisotopic (exact) mass is 262 g/mol. The zero-order valence-electron chi connectivity index (χ0n) is 11.0. The zero-order chi connectivity index (χ0) is 12.7. The van der Waals surface area contributed by atoms with E-state index in [9.17, 15) is 8.42 Å². The average molecular weight is 262 g/mol. The summed E-state index contributed by atoms with van der Waals surface area (Å²) in [6.45, 7) is 5.55. The molecule has 2 N–H and O–H groups in total. The van der Waals surface area contributed by atoms with Gasteiger partial charge >= 0.3 is 0 Å². The van der Waals surface area contributed by atoms with E-state index in [1.807, 2.05) is 6.92 Å². The Morgan fingerprint density at radius 2 is 1.76 bits per heavy atom. The van der Waals surface area contributed by atoms with Gasteiger partial charge in [-0.25, -0.2) is 13.1 Å². The van der Waals surface area contributed by atoms with E-state index in [0.29, 0.717) is 6.54 Å². The van der Waals surface area contributed by atoms with E-state index in [0.717, 1.165) is 38.1 Å². The molecule has 0 bridgehead atoms. The SMILES string of the molecule is CCNCCS(=O)(=O)NC1CCC(CC)CC1. The van der Waals surface area contributed by atoms with E-state index in [1.54, 1.807) is 0 Å². The lowest BCUT2D eigenvalue weighted by Gasteiger charge is -2.28. The fourth-order valence-electron chi connectivity index (χ4n) is 2.38. The molecule has 1 aliphatic carbocycles. The molecule has 0 radical (unpaired) electrons. The van der Waals surface area contributed by atoms with Crippen LogP contribution in [0.1, 0.15) is 46.0 Å². The van der Waals surface area contributed by atoms with Crippen molar-refractivity contribution in [3.05, 3.63) is 0 Å². The molecule has 1 aliphatic rings. The first-order valence-electron chi connectivity index (χ1n) is 6.78. The summed E-state index contributed by atoms with van der Waals surface area (Å²) in [6.07, 6.45) is 5.55. The van der Waals surface area contributed by atoms with Crippen molar-refractivity contribution in [1.29, 1.82) is 0 Å². The highest BCUT2D eigenvalue weighted by atomic mass is 32.2. The fourth-order valence-corrected chi connectivity index (χ4v) is 3.66. The first kappa shape index (κ1) is 14.9. The molecule has 0 spiro atoms. The zero-order valence-corrected chi connectivity index (χ0v) is 11.9. The van der Waals surface area contributed by atoms with Gasteiger partial charge in [-0.05, 0) is 38.1 Å². The van der Waals surface area contributed by atoms with Gasteiger partial charge in [0.05, 0.1) is 5.75 Å². The van der Waals surface area contributed by atoms with Crippen LogP contribution < -0.4 is 10.0 Å². The summed E-state index contributed by atoms with van der Waals surface area (Å²) in [5.41, 5.74) is 0. The molecule has 0 saturated heterocycles. The molecule has 5 heteroatoms. The van der Waals surface area contributed by atoms with Crippen molar-refractivity contribution in [2.45, 2.75) is 52.0 Å². The van der Waals surface area contributed by atoms with Crippen LogP contribution in [0.4, 0.5) is 0 Å². The number of rotatable bonds is 7. The van der Waals surface area contributed by atoms with Crippen LogP contribution in [0.15, 0.2) is 0 Å². The van der Waals surface area contributed by atoms with Crippen LogP contribution in [0.5, 0.6) is 0 Å². The molecule has 0 aliphatic heterocycles. The van der Waals surface area contributed by atoms with Gasteiger partial charge in [-0.3, -0.25) is 0 Å². The highest BCUT2D eigenvalue weighted by Crippen LogP contribution is 2.26. The molecule has 0 amide bonds. The van der Waals surface area contributed by atoms with Crippen LogP contribution in [0.3, 0.4) is 0 Å². The second kappa shape index (κ2) is 7.34. The van der Waals surface area contributed by atoms with Crippen molar-refractivity contribution in [2.24, 2.45) is 5.92 Å². The molecule has 17 heavy (non-hydrogen) atoms. The highest BCUT2D eigenvalue weighted by molar-refractivity contribution is 7.89. The van der Waals surface area contributed by atoms with Gasteiger partial charge in [-0.15, -0.1) is 0 Å². The molecule has 0 aromatic carbocycles. The van der Waals surface area contributed by atoms with Crippen LogP contribution >= 0.6 is 0 Å². The number of hydrogen-bond acceptors (Lipinski definition) is 3. The standard InChI is InChI=1S/C12H26N2O2S/c1-3-11-5-7-12(8-6-11)14-17(15,16)10-9-13-4-2/h11-14H,3-10H2,1-2H3. The molecule has 1 fully saturated rings. The minimum Gasteiger partial charge on any atom is -0.316 e. The van der Waals surface area contributed by atoms with Gasteiger partial charge < -0.3 is 5.32 Å². The Balaban J connectivity index is 2.28. The molecular formula is C12H26N2O2S. The third-order valence-electron chi connectivity index (χ3n) is 3.57. The van der Waals surface area contributed by atoms with Gasteiger partial charge in [-0.2, -0.15) is 0 Å². The van der Waals surface area contributed by atoms with Gasteiger partial charge in [0.1, 0.15) is 0 Å². The number of hydrogen-bond donors (Lipinski definition) is 2. The van der Waals surface area contributed by atoms with Crippen molar-refractivity contribution < 1.29 is 8.42 Å². The molecular weight excluding hydrogens is 236 g/mol. The molecule has 0 unspecified atom stereocenters. The number of nitrogens with one attached hydrogen (secondary N) is 2. The number of sulfonamides is 1. The Hall–Kier alpha value is -0.130. The van der Waals surface area contributed by atoms with Crippen molar-refractivity contribution in [3.63, 3.8) is 0 Å². The maximum absolute atomic E-state index is 11.8. The summed E-state index contributed by atoms with van der Waals surface area (Å²) in [5.74, 6) is 0.992. The molecule has 102 valence electrons. The second-order valence-corrected chi connectivity index (χ2v) is 6.79. The van der Waals surface area contributed by atoms with Gasteiger partial charge in [0, 0.05) is 12.6 Å². The smallest absolute Gasteiger partial charge is 0.213 e. The van der Waals surface area contributed by atoms with E-state index >= 15 is 0 Å². The first-order valence-corrected chi connectivity index (χ1v) is 8.43. The van der Waals surface area contributed by atoms with Crippen molar-refractivity contribution in [3.8, 4) is 0 Å². The predicted octanol–water partition coefficient (Wildman–Crippen LogP) is 1.48. The highest BCUT2D eigenvalue weighted by Gasteiger charge is 2.23. The van der Waals surface area contributed by atoms with Gasteiger partial charge in [0.25, 0.3) is 0 Å². The maximum Gasteiger partial charge on any atom is 0.213 e. The van der Waals surface area contributed by atoms with Crippen molar-refractivity contribution in [1.82, 2.24) is 10.0 Å². The Morgan fingerprint density at radius 1 is 1.12 bits per heavy atom. The minimum absolute atomic E-state index is 0.171. The third-order valence-corrected chi connectivity index (χ3v) is 5.00. The first-order chi connectivity index (χ1) is 8.07. The van der Waals surface area contributed by atoms with Crippen molar-refractivity contribution >= 4 is 10.0 Å². The molecule has 4 nitrogen and oxygen atoms in total. The summed E-state index contributed by atoms with van der Waals surface area (Å²) in [7, 11) is -3.09. The van der Waals surface area contributed by atoms with E-state index in [2.05, 4.69) is 17.0 Å². The molecule has 0 heterocycles. The van der Waals surface area contributed by atoms with Gasteiger partial charge in [0.2, 0.25) is 10.0 Å². The average Bonchev–Trinajstić information content (AvgIpc) is 2.30.